The van der Waals surface area contributed by atoms with E-state index < -0.39 is 5.72 Å². The zero-order chi connectivity index (χ0) is 13.6. The van der Waals surface area contributed by atoms with E-state index in [1.807, 2.05) is 25.1 Å². The van der Waals surface area contributed by atoms with Crippen LogP contribution in [0, 0.1) is 0 Å². The van der Waals surface area contributed by atoms with E-state index in [1.54, 1.807) is 11.0 Å². The smallest absolute Gasteiger partial charge is 0.321 e. The summed E-state index contributed by atoms with van der Waals surface area (Å²) < 4.78 is 6.04. The normalized spacial score (nSPS) is 28.2. The van der Waals surface area contributed by atoms with Crippen LogP contribution in [0.15, 0.2) is 30.9 Å². The fraction of sp³-hybridized carbons (Fsp3) is 0.357. The lowest BCUT2D eigenvalue weighted by atomic mass is 9.90. The van der Waals surface area contributed by atoms with E-state index >= 15 is 0 Å². The van der Waals surface area contributed by atoms with Crippen molar-refractivity contribution in [3.63, 3.8) is 0 Å². The predicted octanol–water partition coefficient (Wildman–Crippen LogP) is 3.09. The lowest BCUT2D eigenvalue weighted by Gasteiger charge is -2.50. The van der Waals surface area contributed by atoms with Crippen molar-refractivity contribution in [1.82, 2.24) is 10.2 Å². The van der Waals surface area contributed by atoms with E-state index in [9.17, 15) is 4.79 Å². The highest BCUT2D eigenvalue weighted by Crippen LogP contribution is 2.46. The minimum atomic E-state index is -0.654. The molecule has 1 aromatic carbocycles. The van der Waals surface area contributed by atoms with Gasteiger partial charge in [-0.3, -0.25) is 4.90 Å². The molecule has 0 aromatic heterocycles. The Morgan fingerprint density at radius 3 is 3.21 bits per heavy atom. The number of benzene rings is 1. The van der Waals surface area contributed by atoms with Gasteiger partial charge in [-0.1, -0.05) is 23.7 Å². The summed E-state index contributed by atoms with van der Waals surface area (Å²) in [6, 6.07) is 5.30. The van der Waals surface area contributed by atoms with E-state index in [-0.39, 0.29) is 12.1 Å². The van der Waals surface area contributed by atoms with Crippen molar-refractivity contribution < 1.29 is 9.53 Å². The lowest BCUT2D eigenvalue weighted by molar-refractivity contribution is -0.0787. The molecule has 0 spiro atoms. The van der Waals surface area contributed by atoms with Gasteiger partial charge in [0.2, 0.25) is 0 Å². The van der Waals surface area contributed by atoms with E-state index in [0.717, 1.165) is 11.3 Å². The Bertz CT molecular complexity index is 560. The maximum atomic E-state index is 12.2. The van der Waals surface area contributed by atoms with Gasteiger partial charge in [-0.15, -0.1) is 6.58 Å². The third-order valence-corrected chi connectivity index (χ3v) is 4.03. The van der Waals surface area contributed by atoms with E-state index in [1.165, 1.54) is 0 Å². The molecule has 0 radical (unpaired) electrons. The average Bonchev–Trinajstić information content (AvgIpc) is 2.33. The van der Waals surface area contributed by atoms with Gasteiger partial charge in [0, 0.05) is 23.6 Å². The number of amides is 2. The number of hydrogen-bond acceptors (Lipinski definition) is 2. The first-order chi connectivity index (χ1) is 9.05. The predicted molar refractivity (Wildman–Crippen MR) is 73.3 cm³/mol. The molecule has 2 unspecified atom stereocenters. The van der Waals surface area contributed by atoms with Gasteiger partial charge in [-0.05, 0) is 19.1 Å². The highest BCUT2D eigenvalue weighted by Gasteiger charge is 2.49. The Labute approximate surface area is 117 Å². The van der Waals surface area contributed by atoms with Crippen LogP contribution in [-0.4, -0.2) is 23.2 Å². The molecule has 1 N–H and O–H groups in total. The number of ether oxygens (including phenoxy) is 1. The van der Waals surface area contributed by atoms with Gasteiger partial charge in [0.15, 0.2) is 5.72 Å². The summed E-state index contributed by atoms with van der Waals surface area (Å²) in [6.45, 7) is 6.06. The van der Waals surface area contributed by atoms with E-state index in [4.69, 9.17) is 16.3 Å². The second-order valence-electron chi connectivity index (χ2n) is 5.03. The van der Waals surface area contributed by atoms with E-state index in [0.29, 0.717) is 18.0 Å². The van der Waals surface area contributed by atoms with Gasteiger partial charge in [-0.2, -0.15) is 0 Å². The molecule has 2 amide bonds. The van der Waals surface area contributed by atoms with Gasteiger partial charge >= 0.3 is 6.03 Å². The van der Waals surface area contributed by atoms with Crippen molar-refractivity contribution in [3.05, 3.63) is 41.4 Å². The Hall–Kier alpha value is -1.68. The molecule has 2 atom stereocenters. The van der Waals surface area contributed by atoms with Crippen molar-refractivity contribution in [2.75, 3.05) is 6.54 Å². The van der Waals surface area contributed by atoms with Gasteiger partial charge in [0.25, 0.3) is 0 Å². The standard InChI is InChI=1S/C14H15ClN2O2/c1-3-7-17-13(18)16-10-8-14(17,2)19-11-6-4-5-9(15)12(10)11/h3-6,10H,1,7-8H2,2H3,(H,16,18). The number of rotatable bonds is 2. The maximum absolute atomic E-state index is 12.2. The summed E-state index contributed by atoms with van der Waals surface area (Å²) in [4.78, 5) is 13.8. The molecule has 19 heavy (non-hydrogen) atoms. The minimum absolute atomic E-state index is 0.101. The van der Waals surface area contributed by atoms with Crippen molar-refractivity contribution in [2.24, 2.45) is 0 Å². The zero-order valence-electron chi connectivity index (χ0n) is 10.6. The second-order valence-corrected chi connectivity index (χ2v) is 5.44. The van der Waals surface area contributed by atoms with Gasteiger partial charge in [0.1, 0.15) is 5.75 Å². The molecule has 0 saturated carbocycles. The molecule has 2 heterocycles. The quantitative estimate of drug-likeness (QED) is 0.845. The Kier molecular flexibility index (Phi) is 2.71. The molecule has 5 heteroatoms. The topological polar surface area (TPSA) is 41.6 Å². The summed E-state index contributed by atoms with van der Waals surface area (Å²) in [5, 5.41) is 3.61. The number of hydrogen-bond donors (Lipinski definition) is 1. The number of carbonyl (C=O) groups excluding carboxylic acids is 1. The van der Waals surface area contributed by atoms with Crippen LogP contribution in [0.1, 0.15) is 24.9 Å². The molecular weight excluding hydrogens is 264 g/mol. The van der Waals surface area contributed by atoms with Crippen LogP contribution in [-0.2, 0) is 0 Å². The molecule has 4 nitrogen and oxygen atoms in total. The third-order valence-electron chi connectivity index (χ3n) is 3.70. The number of carbonyl (C=O) groups is 1. The summed E-state index contributed by atoms with van der Waals surface area (Å²) in [5.41, 5.74) is 0.215. The number of nitrogens with one attached hydrogen (secondary N) is 1. The Morgan fingerprint density at radius 2 is 2.47 bits per heavy atom. The number of fused-ring (bicyclic) bond motifs is 4. The van der Waals surface area contributed by atoms with Gasteiger partial charge < -0.3 is 10.1 Å². The van der Waals surface area contributed by atoms with Crippen LogP contribution in [0.4, 0.5) is 4.79 Å². The third kappa shape index (κ3) is 1.78. The first kappa shape index (κ1) is 12.4. The molecule has 1 fully saturated rings. The van der Waals surface area contributed by atoms with Crippen LogP contribution < -0.4 is 10.1 Å². The van der Waals surface area contributed by atoms with Crippen molar-refractivity contribution >= 4 is 17.6 Å². The first-order valence-electron chi connectivity index (χ1n) is 6.21. The van der Waals surface area contributed by atoms with Crippen LogP contribution >= 0.6 is 11.6 Å². The van der Waals surface area contributed by atoms with E-state index in [2.05, 4.69) is 11.9 Å². The monoisotopic (exact) mass is 278 g/mol. The highest BCUT2D eigenvalue weighted by molar-refractivity contribution is 6.31. The summed E-state index contributed by atoms with van der Waals surface area (Å²) >= 11 is 6.22. The summed E-state index contributed by atoms with van der Waals surface area (Å²) in [7, 11) is 0. The average molecular weight is 279 g/mol. The minimum Gasteiger partial charge on any atom is -0.468 e. The van der Waals surface area contributed by atoms with Crippen LogP contribution in [0.5, 0.6) is 5.75 Å². The summed E-state index contributed by atoms with van der Waals surface area (Å²) in [6.07, 6.45) is 2.37. The molecule has 2 aliphatic rings. The number of nitrogens with zero attached hydrogens (tertiary/aromatic N) is 1. The SMILES string of the molecule is C=CCN1C(=O)NC2CC1(C)Oc1cccc(Cl)c12. The van der Waals surface area contributed by atoms with Crippen LogP contribution in [0.25, 0.3) is 0 Å². The molecule has 0 aliphatic carbocycles. The van der Waals surface area contributed by atoms with Crippen LogP contribution in [0.2, 0.25) is 5.02 Å². The second kappa shape index (κ2) is 4.17. The van der Waals surface area contributed by atoms with Crippen LogP contribution in [0.3, 0.4) is 0 Å². The molecule has 3 rings (SSSR count). The largest absolute Gasteiger partial charge is 0.468 e. The zero-order valence-corrected chi connectivity index (χ0v) is 11.4. The van der Waals surface area contributed by atoms with Gasteiger partial charge in [-0.25, -0.2) is 4.79 Å². The lowest BCUT2D eigenvalue weighted by Crippen LogP contribution is -2.64. The Morgan fingerprint density at radius 1 is 1.68 bits per heavy atom. The number of halogens is 1. The van der Waals surface area contributed by atoms with Crippen molar-refractivity contribution in [1.29, 1.82) is 0 Å². The van der Waals surface area contributed by atoms with Crippen molar-refractivity contribution in [2.45, 2.75) is 25.1 Å². The first-order valence-corrected chi connectivity index (χ1v) is 6.59. The molecule has 1 aromatic rings. The fourth-order valence-corrected chi connectivity index (χ4v) is 3.14. The number of urea groups is 1. The van der Waals surface area contributed by atoms with Gasteiger partial charge in [0.05, 0.1) is 6.04 Å². The molecule has 100 valence electrons. The highest BCUT2D eigenvalue weighted by atomic mass is 35.5. The fourth-order valence-electron chi connectivity index (χ4n) is 2.84. The Balaban J connectivity index is 2.08. The summed E-state index contributed by atoms with van der Waals surface area (Å²) in [5.74, 6) is 0.736. The molecule has 2 aliphatic heterocycles. The molecular formula is C14H15ClN2O2. The maximum Gasteiger partial charge on any atom is 0.321 e. The van der Waals surface area contributed by atoms with Crippen molar-refractivity contribution in [3.8, 4) is 5.75 Å². The molecule has 1 saturated heterocycles. The molecule has 2 bridgehead atoms.